The van der Waals surface area contributed by atoms with Gasteiger partial charge in [-0.1, -0.05) is 43.3 Å². The number of amides is 2. The number of likely N-dealkylation sites (tertiary alicyclic amines) is 1. The number of benzene rings is 1. The van der Waals surface area contributed by atoms with Crippen LogP contribution < -0.4 is 4.90 Å². The zero-order chi connectivity index (χ0) is 23.8. The van der Waals surface area contributed by atoms with E-state index in [1.165, 1.54) is 0 Å². The van der Waals surface area contributed by atoms with Gasteiger partial charge in [0.05, 0.1) is 6.04 Å². The molecule has 178 valence electrons. The van der Waals surface area contributed by atoms with Crippen molar-refractivity contribution in [3.8, 4) is 0 Å². The van der Waals surface area contributed by atoms with Crippen molar-refractivity contribution in [1.82, 2.24) is 9.88 Å². The number of piperidine rings is 1. The molecule has 3 rings (SSSR count). The molecule has 1 unspecified atom stereocenters. The smallest absolute Gasteiger partial charge is 0.416 e. The first-order chi connectivity index (χ1) is 15.8. The first kappa shape index (κ1) is 24.6. The van der Waals surface area contributed by atoms with Gasteiger partial charge in [-0.15, -0.1) is 0 Å². The summed E-state index contributed by atoms with van der Waals surface area (Å²) in [4.78, 5) is 33.4. The van der Waals surface area contributed by atoms with E-state index in [1.807, 2.05) is 70.2 Å². The number of carbonyl (C=O) groups excluding carboxylic acids is 2. The minimum Gasteiger partial charge on any atom is -0.445 e. The Morgan fingerprint density at radius 3 is 2.52 bits per heavy atom. The Morgan fingerprint density at radius 2 is 1.88 bits per heavy atom. The Balaban J connectivity index is 1.71. The molecule has 2 aromatic rings. The van der Waals surface area contributed by atoms with Crippen LogP contribution in [0.15, 0.2) is 48.7 Å². The van der Waals surface area contributed by atoms with Gasteiger partial charge in [0.1, 0.15) is 18.0 Å². The summed E-state index contributed by atoms with van der Waals surface area (Å²) in [6.45, 7) is 8.97. The van der Waals surface area contributed by atoms with Crippen LogP contribution in [-0.4, -0.2) is 40.8 Å². The lowest BCUT2D eigenvalue weighted by atomic mass is 9.97. The lowest BCUT2D eigenvalue weighted by molar-refractivity contribution is 0.0579. The maximum absolute atomic E-state index is 12.9. The highest BCUT2D eigenvalue weighted by atomic mass is 16.6. The van der Waals surface area contributed by atoms with E-state index in [-0.39, 0.29) is 18.7 Å². The predicted octanol–water partition coefficient (Wildman–Crippen LogP) is 6.10. The van der Waals surface area contributed by atoms with Crippen LogP contribution in [0.2, 0.25) is 0 Å². The Bertz CT molecular complexity index is 909. The standard InChI is InChI=1S/C26H35N3O4/c1-5-16-29(25(31)33-26(2,3)4)23-15-14-21(18-27-23)22-13-9-10-17-28(22)24(30)32-19-20-11-7-6-8-12-20/h6-8,11-12,14-15,18,22H,5,9-10,13,16-17,19H2,1-4H3. The largest absolute Gasteiger partial charge is 0.445 e. The minimum atomic E-state index is -0.578. The molecule has 2 amide bonds. The molecule has 0 radical (unpaired) electrons. The number of hydrogen-bond acceptors (Lipinski definition) is 5. The molecular formula is C26H35N3O4. The molecule has 1 aliphatic rings. The Kier molecular flexibility index (Phi) is 8.31. The second kappa shape index (κ2) is 11.2. The summed E-state index contributed by atoms with van der Waals surface area (Å²) in [5, 5.41) is 0. The maximum atomic E-state index is 12.9. The topological polar surface area (TPSA) is 72.0 Å². The summed E-state index contributed by atoms with van der Waals surface area (Å²) in [6.07, 6.45) is 4.66. The van der Waals surface area contributed by atoms with Crippen molar-refractivity contribution in [2.45, 2.75) is 71.6 Å². The zero-order valence-corrected chi connectivity index (χ0v) is 20.1. The fourth-order valence-electron chi connectivity index (χ4n) is 3.89. The Hall–Kier alpha value is -3.09. The summed E-state index contributed by atoms with van der Waals surface area (Å²) in [5.41, 5.74) is 1.32. The fourth-order valence-corrected chi connectivity index (χ4v) is 3.89. The van der Waals surface area contributed by atoms with Crippen LogP contribution in [0.5, 0.6) is 0 Å². The van der Waals surface area contributed by atoms with Gasteiger partial charge < -0.3 is 14.4 Å². The maximum Gasteiger partial charge on any atom is 0.416 e. The highest BCUT2D eigenvalue weighted by molar-refractivity contribution is 5.86. The van der Waals surface area contributed by atoms with E-state index in [1.54, 1.807) is 16.0 Å². The van der Waals surface area contributed by atoms with Crippen molar-refractivity contribution in [1.29, 1.82) is 0 Å². The van der Waals surface area contributed by atoms with Gasteiger partial charge in [-0.2, -0.15) is 0 Å². The number of anilines is 1. The number of rotatable bonds is 6. The molecule has 0 aliphatic carbocycles. The van der Waals surface area contributed by atoms with Gasteiger partial charge in [-0.25, -0.2) is 14.6 Å². The van der Waals surface area contributed by atoms with Crippen LogP contribution in [0.25, 0.3) is 0 Å². The van der Waals surface area contributed by atoms with Gasteiger partial charge in [0.15, 0.2) is 0 Å². The molecule has 7 nitrogen and oxygen atoms in total. The number of aromatic nitrogens is 1. The zero-order valence-electron chi connectivity index (χ0n) is 20.1. The molecule has 0 saturated carbocycles. The van der Waals surface area contributed by atoms with E-state index in [0.717, 1.165) is 36.8 Å². The SMILES string of the molecule is CCCN(C(=O)OC(C)(C)C)c1ccc(C2CCCCN2C(=O)OCc2ccccc2)cn1. The number of hydrogen-bond donors (Lipinski definition) is 0. The molecule has 33 heavy (non-hydrogen) atoms. The van der Waals surface area contributed by atoms with Crippen LogP contribution in [0.4, 0.5) is 15.4 Å². The molecule has 1 saturated heterocycles. The van der Waals surface area contributed by atoms with Crippen LogP contribution >= 0.6 is 0 Å². The average Bonchev–Trinajstić information content (AvgIpc) is 2.80. The molecule has 1 aliphatic heterocycles. The average molecular weight is 454 g/mol. The molecule has 1 atom stereocenters. The van der Waals surface area contributed by atoms with Gasteiger partial charge >= 0.3 is 12.2 Å². The van der Waals surface area contributed by atoms with Crippen LogP contribution in [0.1, 0.15) is 70.5 Å². The monoisotopic (exact) mass is 453 g/mol. The van der Waals surface area contributed by atoms with E-state index in [2.05, 4.69) is 4.98 Å². The van der Waals surface area contributed by atoms with E-state index in [0.29, 0.717) is 18.9 Å². The van der Waals surface area contributed by atoms with Crippen molar-refractivity contribution in [2.24, 2.45) is 0 Å². The van der Waals surface area contributed by atoms with Gasteiger partial charge in [-0.3, -0.25) is 4.90 Å². The molecule has 0 spiro atoms. The molecule has 1 aromatic heterocycles. The van der Waals surface area contributed by atoms with Gasteiger partial charge in [0.2, 0.25) is 0 Å². The highest BCUT2D eigenvalue weighted by Crippen LogP contribution is 2.32. The van der Waals surface area contributed by atoms with Crippen LogP contribution in [-0.2, 0) is 16.1 Å². The third-order valence-corrected chi connectivity index (χ3v) is 5.44. The number of nitrogens with zero attached hydrogens (tertiary/aromatic N) is 3. The highest BCUT2D eigenvalue weighted by Gasteiger charge is 2.30. The normalized spacial score (nSPS) is 16.2. The first-order valence-electron chi connectivity index (χ1n) is 11.7. The van der Waals surface area contributed by atoms with E-state index < -0.39 is 11.7 Å². The first-order valence-corrected chi connectivity index (χ1v) is 11.7. The van der Waals surface area contributed by atoms with Gasteiger partial charge in [0.25, 0.3) is 0 Å². The van der Waals surface area contributed by atoms with Crippen LogP contribution in [0.3, 0.4) is 0 Å². The lowest BCUT2D eigenvalue weighted by Crippen LogP contribution is -2.39. The molecule has 7 heteroatoms. The predicted molar refractivity (Wildman–Crippen MR) is 128 cm³/mol. The van der Waals surface area contributed by atoms with Crippen LogP contribution in [0, 0.1) is 0 Å². The summed E-state index contributed by atoms with van der Waals surface area (Å²) >= 11 is 0. The van der Waals surface area contributed by atoms with Crippen molar-refractivity contribution in [2.75, 3.05) is 18.0 Å². The van der Waals surface area contributed by atoms with E-state index in [4.69, 9.17) is 9.47 Å². The fraction of sp³-hybridized carbons (Fsp3) is 0.500. The molecule has 0 bridgehead atoms. The number of ether oxygens (including phenoxy) is 2. The molecule has 1 aromatic carbocycles. The van der Waals surface area contributed by atoms with Crippen molar-refractivity contribution >= 4 is 18.0 Å². The Morgan fingerprint density at radius 1 is 1.12 bits per heavy atom. The second-order valence-corrected chi connectivity index (χ2v) is 9.33. The van der Waals surface area contributed by atoms with Crippen molar-refractivity contribution < 1.29 is 19.1 Å². The van der Waals surface area contributed by atoms with E-state index in [9.17, 15) is 9.59 Å². The molecule has 2 heterocycles. The van der Waals surface area contributed by atoms with E-state index >= 15 is 0 Å². The van der Waals surface area contributed by atoms with Gasteiger partial charge in [0, 0.05) is 19.3 Å². The summed E-state index contributed by atoms with van der Waals surface area (Å²) < 4.78 is 11.1. The Labute approximate surface area is 196 Å². The third kappa shape index (κ3) is 6.94. The van der Waals surface area contributed by atoms with Crippen molar-refractivity contribution in [3.05, 3.63) is 59.8 Å². The quantitative estimate of drug-likeness (QED) is 0.529. The second-order valence-electron chi connectivity index (χ2n) is 9.33. The third-order valence-electron chi connectivity index (χ3n) is 5.44. The number of carbonyl (C=O) groups is 2. The lowest BCUT2D eigenvalue weighted by Gasteiger charge is -2.35. The summed E-state index contributed by atoms with van der Waals surface area (Å²) in [6, 6.07) is 13.4. The summed E-state index contributed by atoms with van der Waals surface area (Å²) in [5.74, 6) is 0.545. The van der Waals surface area contributed by atoms with Crippen molar-refractivity contribution in [3.63, 3.8) is 0 Å². The molecular weight excluding hydrogens is 418 g/mol. The minimum absolute atomic E-state index is 0.0928. The number of pyridine rings is 1. The molecule has 0 N–H and O–H groups in total. The molecule has 1 fully saturated rings. The van der Waals surface area contributed by atoms with Gasteiger partial charge in [-0.05, 0) is 63.6 Å². The summed E-state index contributed by atoms with van der Waals surface area (Å²) in [7, 11) is 0.